The fourth-order valence-corrected chi connectivity index (χ4v) is 4.27. The Morgan fingerprint density at radius 3 is 2.52 bits per heavy atom. The molecule has 3 aromatic carbocycles. The number of Topliss-reactive ketones (excluding diaryl/α,β-unsaturated/α-hetero) is 1. The first-order chi connectivity index (χ1) is 16.0. The van der Waals surface area contributed by atoms with Crippen molar-refractivity contribution in [2.75, 3.05) is 12.0 Å². The number of aliphatic hydroxyl groups is 1. The van der Waals surface area contributed by atoms with E-state index in [9.17, 15) is 14.7 Å². The highest BCUT2D eigenvalue weighted by Crippen LogP contribution is 2.43. The highest BCUT2D eigenvalue weighted by Gasteiger charge is 2.45. The Kier molecular flexibility index (Phi) is 4.98. The van der Waals surface area contributed by atoms with Crippen LogP contribution in [0.2, 0.25) is 0 Å². The zero-order valence-electron chi connectivity index (χ0n) is 18.1. The summed E-state index contributed by atoms with van der Waals surface area (Å²) in [6, 6.07) is 22.5. The van der Waals surface area contributed by atoms with Gasteiger partial charge in [0, 0.05) is 11.1 Å². The minimum atomic E-state index is -0.852. The molecule has 1 N–H and O–H groups in total. The predicted molar refractivity (Wildman–Crippen MR) is 125 cm³/mol. The number of amides is 1. The van der Waals surface area contributed by atoms with Crippen molar-refractivity contribution in [1.29, 1.82) is 0 Å². The van der Waals surface area contributed by atoms with Gasteiger partial charge in [-0.2, -0.15) is 0 Å². The number of methoxy groups -OCH3 is 1. The van der Waals surface area contributed by atoms with Crippen LogP contribution in [0.1, 0.15) is 27.7 Å². The van der Waals surface area contributed by atoms with Gasteiger partial charge in [-0.25, -0.2) is 0 Å². The minimum Gasteiger partial charge on any atom is -0.503 e. The molecule has 4 aromatic rings. The van der Waals surface area contributed by atoms with Crippen molar-refractivity contribution in [2.45, 2.75) is 13.0 Å². The molecule has 164 valence electrons. The number of carbonyl (C=O) groups excluding carboxylic acids is 2. The van der Waals surface area contributed by atoms with Crippen LogP contribution in [-0.2, 0) is 4.79 Å². The summed E-state index contributed by atoms with van der Waals surface area (Å²) in [4.78, 5) is 28.4. The number of hydrogen-bond acceptors (Lipinski definition) is 5. The number of furan rings is 1. The smallest absolute Gasteiger partial charge is 0.294 e. The molecule has 0 saturated heterocycles. The summed E-state index contributed by atoms with van der Waals surface area (Å²) in [5.41, 5.74) is 2.60. The van der Waals surface area contributed by atoms with Crippen LogP contribution in [0.5, 0.6) is 5.75 Å². The normalized spacial score (nSPS) is 16.0. The van der Waals surface area contributed by atoms with Gasteiger partial charge in [0.15, 0.2) is 11.5 Å². The molecule has 1 aromatic heterocycles. The summed E-state index contributed by atoms with van der Waals surface area (Å²) in [6.45, 7) is 1.88. The van der Waals surface area contributed by atoms with Gasteiger partial charge in [-0.05, 0) is 48.4 Å². The van der Waals surface area contributed by atoms with Gasteiger partial charge in [0.2, 0.25) is 5.78 Å². The maximum Gasteiger partial charge on any atom is 0.294 e. The number of anilines is 1. The predicted octanol–water partition coefficient (Wildman–Crippen LogP) is 5.53. The maximum atomic E-state index is 13.7. The molecule has 1 atom stereocenters. The number of fused-ring (bicyclic) bond motifs is 1. The summed E-state index contributed by atoms with van der Waals surface area (Å²) >= 11 is 0. The first-order valence-electron chi connectivity index (χ1n) is 10.5. The number of nitrogens with zero attached hydrogens (tertiary/aromatic N) is 1. The second kappa shape index (κ2) is 7.98. The lowest BCUT2D eigenvalue weighted by molar-refractivity contribution is -0.117. The molecule has 0 bridgehead atoms. The zero-order valence-corrected chi connectivity index (χ0v) is 18.1. The number of ether oxygens (including phenoxy) is 1. The van der Waals surface area contributed by atoms with Crippen LogP contribution in [0.4, 0.5) is 5.69 Å². The Morgan fingerprint density at radius 2 is 1.76 bits per heavy atom. The number of aliphatic hydroxyl groups excluding tert-OH is 1. The summed E-state index contributed by atoms with van der Waals surface area (Å²) in [5.74, 6) is -1.13. The molecule has 1 aliphatic heterocycles. The lowest BCUT2D eigenvalue weighted by Gasteiger charge is -2.28. The molecule has 0 radical (unpaired) electrons. The number of benzene rings is 3. The highest BCUT2D eigenvalue weighted by molar-refractivity contribution is 6.20. The van der Waals surface area contributed by atoms with E-state index in [4.69, 9.17) is 9.15 Å². The van der Waals surface area contributed by atoms with Gasteiger partial charge in [0.25, 0.3) is 5.91 Å². The summed E-state index contributed by atoms with van der Waals surface area (Å²) in [6.07, 6.45) is 0. The molecule has 5 rings (SSSR count). The van der Waals surface area contributed by atoms with Gasteiger partial charge in [-0.15, -0.1) is 0 Å². The summed E-state index contributed by atoms with van der Waals surface area (Å²) < 4.78 is 11.1. The number of carbonyl (C=O) groups is 2. The first kappa shape index (κ1) is 20.6. The Balaban J connectivity index is 1.69. The van der Waals surface area contributed by atoms with Crippen molar-refractivity contribution < 1.29 is 23.8 Å². The molecular weight excluding hydrogens is 418 g/mol. The number of rotatable bonds is 5. The fraction of sp³-hybridized carbons (Fsp3) is 0.111. The Morgan fingerprint density at radius 1 is 1.00 bits per heavy atom. The summed E-state index contributed by atoms with van der Waals surface area (Å²) in [5, 5.41) is 11.7. The van der Waals surface area contributed by atoms with Gasteiger partial charge in [-0.1, -0.05) is 48.5 Å². The van der Waals surface area contributed by atoms with Crippen molar-refractivity contribution in [3.05, 3.63) is 107 Å². The van der Waals surface area contributed by atoms with E-state index in [1.807, 2.05) is 43.3 Å². The van der Waals surface area contributed by atoms with E-state index in [1.165, 1.54) is 4.90 Å². The molecule has 0 spiro atoms. The van der Waals surface area contributed by atoms with Crippen LogP contribution in [-0.4, -0.2) is 23.9 Å². The van der Waals surface area contributed by atoms with Crippen molar-refractivity contribution in [3.8, 4) is 5.75 Å². The average molecular weight is 439 g/mol. The Labute approximate surface area is 190 Å². The fourth-order valence-electron chi connectivity index (χ4n) is 4.27. The van der Waals surface area contributed by atoms with Crippen LogP contribution in [0.3, 0.4) is 0 Å². The lowest BCUT2D eigenvalue weighted by atomic mass is 9.94. The van der Waals surface area contributed by atoms with Crippen LogP contribution in [0.15, 0.2) is 94.6 Å². The standard InChI is InChI=1S/C27H21NO5/c1-16-8-3-5-12-20(16)28-24(18-10-7-11-19(14-18)32-2)23(26(30)27(28)31)25(29)22-15-17-9-4-6-13-21(17)33-22/h3-15,24,30H,1-2H3. The molecule has 6 nitrogen and oxygen atoms in total. The Hall–Kier alpha value is -4.32. The third-order valence-electron chi connectivity index (χ3n) is 5.89. The average Bonchev–Trinajstić information content (AvgIpc) is 3.38. The quantitative estimate of drug-likeness (QED) is 0.414. The molecule has 33 heavy (non-hydrogen) atoms. The van der Waals surface area contributed by atoms with E-state index >= 15 is 0 Å². The van der Waals surface area contributed by atoms with E-state index < -0.39 is 23.5 Å². The van der Waals surface area contributed by atoms with Crippen molar-refractivity contribution >= 4 is 28.3 Å². The topological polar surface area (TPSA) is 80.0 Å². The van der Waals surface area contributed by atoms with Gasteiger partial charge in [0.1, 0.15) is 11.3 Å². The van der Waals surface area contributed by atoms with Gasteiger partial charge < -0.3 is 14.3 Å². The van der Waals surface area contributed by atoms with Crippen molar-refractivity contribution in [2.24, 2.45) is 0 Å². The second-order valence-corrected chi connectivity index (χ2v) is 7.88. The number of para-hydroxylation sites is 2. The molecule has 1 aliphatic rings. The van der Waals surface area contributed by atoms with Gasteiger partial charge in [-0.3, -0.25) is 14.5 Å². The van der Waals surface area contributed by atoms with Crippen LogP contribution < -0.4 is 9.64 Å². The number of ketones is 1. The van der Waals surface area contributed by atoms with E-state index in [0.29, 0.717) is 22.6 Å². The molecule has 1 unspecified atom stereocenters. The minimum absolute atomic E-state index is 0.0319. The van der Waals surface area contributed by atoms with Crippen LogP contribution in [0.25, 0.3) is 11.0 Å². The molecule has 6 heteroatoms. The molecule has 2 heterocycles. The second-order valence-electron chi connectivity index (χ2n) is 7.88. The third kappa shape index (κ3) is 3.36. The third-order valence-corrected chi connectivity index (χ3v) is 5.89. The monoisotopic (exact) mass is 439 g/mol. The lowest BCUT2D eigenvalue weighted by Crippen LogP contribution is -2.31. The highest BCUT2D eigenvalue weighted by atomic mass is 16.5. The van der Waals surface area contributed by atoms with Crippen molar-refractivity contribution in [1.82, 2.24) is 0 Å². The van der Waals surface area contributed by atoms with Crippen LogP contribution >= 0.6 is 0 Å². The van der Waals surface area contributed by atoms with E-state index in [1.54, 1.807) is 49.6 Å². The van der Waals surface area contributed by atoms with E-state index in [2.05, 4.69) is 0 Å². The molecule has 0 fully saturated rings. The van der Waals surface area contributed by atoms with E-state index in [-0.39, 0.29) is 11.3 Å². The molecule has 0 aliphatic carbocycles. The Bertz CT molecular complexity index is 1400. The maximum absolute atomic E-state index is 13.7. The zero-order chi connectivity index (χ0) is 23.1. The van der Waals surface area contributed by atoms with Crippen molar-refractivity contribution in [3.63, 3.8) is 0 Å². The molecule has 1 amide bonds. The first-order valence-corrected chi connectivity index (χ1v) is 10.5. The van der Waals surface area contributed by atoms with Crippen LogP contribution in [0, 0.1) is 6.92 Å². The van der Waals surface area contributed by atoms with E-state index in [0.717, 1.165) is 10.9 Å². The summed E-state index contributed by atoms with van der Waals surface area (Å²) in [7, 11) is 1.55. The van der Waals surface area contributed by atoms with Gasteiger partial charge >= 0.3 is 0 Å². The molecular formula is C27H21NO5. The molecule has 0 saturated carbocycles. The van der Waals surface area contributed by atoms with Gasteiger partial charge in [0.05, 0.1) is 18.7 Å². The SMILES string of the molecule is COc1cccc(C2C(C(=O)c3cc4ccccc4o3)=C(O)C(=O)N2c2ccccc2C)c1. The number of hydrogen-bond donors (Lipinski definition) is 1. The largest absolute Gasteiger partial charge is 0.503 e. The number of aryl methyl sites for hydroxylation is 1.